The molecule has 6 aromatic heterocycles. The van der Waals surface area contributed by atoms with Gasteiger partial charge in [0.15, 0.2) is 28.4 Å². The molecule has 2 atom stereocenters. The zero-order chi connectivity index (χ0) is 50.7. The van der Waals surface area contributed by atoms with Gasteiger partial charge >= 0.3 is 6.09 Å². The number of hydrogen-bond acceptors (Lipinski definition) is 14. The van der Waals surface area contributed by atoms with E-state index < -0.39 is 58.0 Å². The molecule has 71 heavy (non-hydrogen) atoms. The number of halogens is 4. The number of rotatable bonds is 7. The molecule has 2 unspecified atom stereocenters. The molecular weight excluding hydrogens is 929 g/mol. The van der Waals surface area contributed by atoms with Crippen LogP contribution in [0.3, 0.4) is 0 Å². The topological polar surface area (TPSA) is 229 Å². The average Bonchev–Trinajstić information content (AvgIpc) is 3.96. The Balaban J connectivity index is 0.000000149. The van der Waals surface area contributed by atoms with Gasteiger partial charge in [-0.25, -0.2) is 52.3 Å². The van der Waals surface area contributed by atoms with Crippen LogP contribution < -0.4 is 21.5 Å². The smallest absolute Gasteiger partial charge is 0.413 e. The highest BCUT2D eigenvalue weighted by Crippen LogP contribution is 2.33. The minimum absolute atomic E-state index is 0.0197. The van der Waals surface area contributed by atoms with E-state index in [0.717, 1.165) is 12.1 Å². The second kappa shape index (κ2) is 20.0. The molecule has 0 aliphatic heterocycles. The van der Waals surface area contributed by atoms with E-state index in [1.54, 1.807) is 44.7 Å². The van der Waals surface area contributed by atoms with E-state index in [1.165, 1.54) is 92.6 Å². The van der Waals surface area contributed by atoms with Gasteiger partial charge in [-0.05, 0) is 94.3 Å². The summed E-state index contributed by atoms with van der Waals surface area (Å²) in [4.78, 5) is 65.2. The molecular formula is C50H42F4N10O7. The second-order valence-electron chi connectivity index (χ2n) is 16.8. The third-order valence-electron chi connectivity index (χ3n) is 10.5. The SMILES string of the molecule is CC(Nc1ncnc2nc[nH]c12)c1oc2cccc(F)c2c(=O)c1-c1cccc(F)c1.CC(O)c1oc2cccc(F)c2c(=O)c1-c1cccc(F)c1.Cn1cnc2c(NC(=O)OC(C)(C)C)ncnc21. The molecule has 10 rings (SSSR count). The van der Waals surface area contributed by atoms with Gasteiger partial charge in [-0.3, -0.25) is 14.9 Å². The van der Waals surface area contributed by atoms with Gasteiger partial charge in [-0.2, -0.15) is 0 Å². The summed E-state index contributed by atoms with van der Waals surface area (Å²) < 4.78 is 74.2. The van der Waals surface area contributed by atoms with Crippen molar-refractivity contribution in [3.05, 3.63) is 165 Å². The Bertz CT molecular complexity index is 3740. The maximum Gasteiger partial charge on any atom is 0.413 e. The number of aliphatic hydroxyl groups is 1. The molecule has 17 nitrogen and oxygen atoms in total. The summed E-state index contributed by atoms with van der Waals surface area (Å²) in [6.45, 7) is 8.57. The summed E-state index contributed by atoms with van der Waals surface area (Å²) in [7, 11) is 1.82. The number of H-pyrrole nitrogens is 1. The quantitative estimate of drug-likeness (QED) is 0.109. The van der Waals surface area contributed by atoms with Crippen LogP contribution in [0.1, 0.15) is 58.3 Å². The number of aromatic nitrogens is 8. The van der Waals surface area contributed by atoms with E-state index in [1.807, 2.05) is 7.05 Å². The van der Waals surface area contributed by atoms with Crippen LogP contribution in [-0.2, 0) is 11.8 Å². The monoisotopic (exact) mass is 970 g/mol. The van der Waals surface area contributed by atoms with Gasteiger partial charge in [-0.15, -0.1) is 0 Å². The fourth-order valence-electron chi connectivity index (χ4n) is 7.45. The lowest BCUT2D eigenvalue weighted by molar-refractivity contribution is 0.0635. The number of carbonyl (C=O) groups is 1. The second-order valence-corrected chi connectivity index (χ2v) is 16.8. The highest BCUT2D eigenvalue weighted by molar-refractivity contribution is 5.93. The zero-order valence-electron chi connectivity index (χ0n) is 38.6. The fourth-order valence-corrected chi connectivity index (χ4v) is 7.45. The zero-order valence-corrected chi connectivity index (χ0v) is 38.6. The Labute approximate surface area is 399 Å². The molecule has 0 aliphatic carbocycles. The lowest BCUT2D eigenvalue weighted by Crippen LogP contribution is -2.27. The number of imidazole rings is 2. The number of fused-ring (bicyclic) bond motifs is 4. The van der Waals surface area contributed by atoms with Crippen LogP contribution in [0.25, 0.3) is 66.5 Å². The predicted molar refractivity (Wildman–Crippen MR) is 256 cm³/mol. The maximum absolute atomic E-state index is 14.5. The number of carbonyl (C=O) groups excluding carboxylic acids is 1. The van der Waals surface area contributed by atoms with Crippen molar-refractivity contribution in [2.45, 2.75) is 52.4 Å². The van der Waals surface area contributed by atoms with E-state index in [0.29, 0.717) is 34.0 Å². The number of anilines is 2. The number of hydrogen-bond donors (Lipinski definition) is 4. The van der Waals surface area contributed by atoms with Crippen LogP contribution in [-0.4, -0.2) is 56.3 Å². The van der Waals surface area contributed by atoms with E-state index >= 15 is 0 Å². The highest BCUT2D eigenvalue weighted by Gasteiger charge is 2.25. The Kier molecular flexibility index (Phi) is 13.7. The van der Waals surface area contributed by atoms with Crippen molar-refractivity contribution in [2.75, 3.05) is 10.6 Å². The Morgan fingerprint density at radius 2 is 1.28 bits per heavy atom. The minimum Gasteiger partial charge on any atom is -0.458 e. The van der Waals surface area contributed by atoms with Crippen molar-refractivity contribution in [3.63, 3.8) is 0 Å². The maximum atomic E-state index is 14.5. The number of nitrogens with one attached hydrogen (secondary N) is 3. The summed E-state index contributed by atoms with van der Waals surface area (Å²) >= 11 is 0. The van der Waals surface area contributed by atoms with E-state index in [9.17, 15) is 37.1 Å². The molecule has 0 spiro atoms. The molecule has 0 aliphatic rings. The summed E-state index contributed by atoms with van der Waals surface area (Å²) in [5, 5.41) is 15.2. The van der Waals surface area contributed by atoms with Crippen LogP contribution in [0.4, 0.5) is 34.0 Å². The molecule has 4 N–H and O–H groups in total. The van der Waals surface area contributed by atoms with Crippen molar-refractivity contribution in [1.82, 2.24) is 39.5 Å². The summed E-state index contributed by atoms with van der Waals surface area (Å²) in [5.74, 6) is -1.49. The van der Waals surface area contributed by atoms with Gasteiger partial charge in [0.2, 0.25) is 10.9 Å². The summed E-state index contributed by atoms with van der Waals surface area (Å²) in [6.07, 6.45) is 4.17. The standard InChI is InChI=1S/C22H15F2N5O2.C17H12F2O3.C11H15N5O2/c1-11(29-22-18-21(26-9-25-18)27-10-28-22)20-16(12-4-2-5-13(23)8-12)19(30)17-14(24)6-3-7-15(17)31-20;1-9(20)17-14(10-4-2-5-11(18)8-10)16(21)15-12(19)6-3-7-13(15)22-17;1-11(2,3)18-10(17)15-8-7-9(13-5-12-8)16(4)6-14-7/h2-11H,1H3,(H2,25,26,27,28,29);2-9,20H,1H3;5-6H,1-4H3,(H,12,13,15,17). The lowest BCUT2D eigenvalue weighted by atomic mass is 9.99. The molecule has 0 radical (unpaired) electrons. The molecule has 6 heterocycles. The highest BCUT2D eigenvalue weighted by atomic mass is 19.1. The van der Waals surface area contributed by atoms with Gasteiger partial charge in [-0.1, -0.05) is 36.4 Å². The van der Waals surface area contributed by atoms with Gasteiger partial charge in [0.25, 0.3) is 0 Å². The molecule has 21 heteroatoms. The number of benzene rings is 4. The first-order valence-corrected chi connectivity index (χ1v) is 21.6. The van der Waals surface area contributed by atoms with Crippen LogP contribution in [0.2, 0.25) is 0 Å². The number of aromatic amines is 1. The number of amides is 1. The molecule has 362 valence electrons. The van der Waals surface area contributed by atoms with Crippen molar-refractivity contribution < 1.29 is 41.0 Å². The predicted octanol–water partition coefficient (Wildman–Crippen LogP) is 10.1. The Morgan fingerprint density at radius 3 is 1.86 bits per heavy atom. The van der Waals surface area contributed by atoms with Crippen LogP contribution in [0, 0.1) is 23.3 Å². The van der Waals surface area contributed by atoms with Crippen molar-refractivity contribution in [2.24, 2.45) is 7.05 Å². The molecule has 0 saturated heterocycles. The number of aliphatic hydroxyl groups excluding tert-OH is 1. The van der Waals surface area contributed by atoms with E-state index in [4.69, 9.17) is 13.6 Å². The molecule has 0 bridgehead atoms. The van der Waals surface area contributed by atoms with Crippen molar-refractivity contribution >= 4 is 62.0 Å². The lowest BCUT2D eigenvalue weighted by Gasteiger charge is -2.19. The number of aryl methyl sites for hydroxylation is 1. The van der Waals surface area contributed by atoms with Crippen molar-refractivity contribution in [1.29, 1.82) is 0 Å². The van der Waals surface area contributed by atoms with Gasteiger partial charge in [0, 0.05) is 7.05 Å². The summed E-state index contributed by atoms with van der Waals surface area (Å²) in [5.41, 5.74) is 1.16. The van der Waals surface area contributed by atoms with Gasteiger partial charge in [0.1, 0.15) is 86.6 Å². The first-order chi connectivity index (χ1) is 33.9. The fraction of sp³-hybridized carbons (Fsp3) is 0.180. The molecule has 0 saturated carbocycles. The number of nitrogens with zero attached hydrogens (tertiary/aromatic N) is 7. The Hall–Kier alpha value is -8.85. The Morgan fingerprint density at radius 1 is 0.732 bits per heavy atom. The summed E-state index contributed by atoms with van der Waals surface area (Å²) in [6, 6.07) is 18.4. The molecule has 10 aromatic rings. The van der Waals surface area contributed by atoms with Crippen molar-refractivity contribution in [3.8, 4) is 22.3 Å². The average molecular weight is 971 g/mol. The minimum atomic E-state index is -1.10. The third-order valence-corrected chi connectivity index (χ3v) is 10.5. The first kappa shape index (κ1) is 48.6. The van der Waals surface area contributed by atoms with Gasteiger partial charge in [0.05, 0.1) is 29.8 Å². The largest absolute Gasteiger partial charge is 0.458 e. The molecule has 4 aromatic carbocycles. The third kappa shape index (κ3) is 10.4. The van der Waals surface area contributed by atoms with Crippen LogP contribution in [0.5, 0.6) is 0 Å². The number of ether oxygens (including phenoxy) is 1. The van der Waals surface area contributed by atoms with Crippen LogP contribution in [0.15, 0.2) is 129 Å². The van der Waals surface area contributed by atoms with E-state index in [-0.39, 0.29) is 55.7 Å². The van der Waals surface area contributed by atoms with E-state index in [2.05, 4.69) is 45.5 Å². The molecule has 1 amide bonds. The normalized spacial score (nSPS) is 12.2. The molecule has 0 fully saturated rings. The first-order valence-electron chi connectivity index (χ1n) is 21.6. The van der Waals surface area contributed by atoms with Crippen LogP contribution >= 0.6 is 0 Å². The van der Waals surface area contributed by atoms with Gasteiger partial charge < -0.3 is 33.5 Å².